The van der Waals surface area contributed by atoms with E-state index in [1.807, 2.05) is 6.07 Å². The summed E-state index contributed by atoms with van der Waals surface area (Å²) < 4.78 is 13.0. The third-order valence-corrected chi connectivity index (χ3v) is 8.45. The maximum absolute atomic E-state index is 13.4. The van der Waals surface area contributed by atoms with E-state index in [2.05, 4.69) is 72.5 Å². The Morgan fingerprint density at radius 2 is 1.49 bits per heavy atom. The molecule has 0 bridgehead atoms. The van der Waals surface area contributed by atoms with Gasteiger partial charge in [0.05, 0.1) is 10.7 Å². The molecule has 37 heavy (non-hydrogen) atoms. The van der Waals surface area contributed by atoms with Crippen molar-refractivity contribution in [2.45, 2.75) is 71.8 Å². The average Bonchev–Trinajstić information content (AvgIpc) is 2.86. The monoisotopic (exact) mass is 611 g/mol. The smallest absolute Gasteiger partial charge is 0.174 e. The van der Waals surface area contributed by atoms with Gasteiger partial charge in [0, 0.05) is 47.8 Å². The van der Waals surface area contributed by atoms with E-state index in [-0.39, 0.29) is 17.5 Å². The van der Waals surface area contributed by atoms with E-state index < -0.39 is 0 Å². The van der Waals surface area contributed by atoms with E-state index in [0.717, 1.165) is 69.5 Å². The Kier molecular flexibility index (Phi) is 7.48. The molecule has 2 aliphatic carbocycles. The van der Waals surface area contributed by atoms with Crippen molar-refractivity contribution in [1.29, 1.82) is 0 Å². The van der Waals surface area contributed by atoms with Crippen molar-refractivity contribution in [2.24, 2.45) is 0 Å². The molecule has 1 aliphatic heterocycles. The van der Waals surface area contributed by atoms with Crippen LogP contribution in [0.15, 0.2) is 52.9 Å². The van der Waals surface area contributed by atoms with Crippen LogP contribution in [-0.4, -0.2) is 30.1 Å². The second kappa shape index (κ2) is 10.6. The number of carbonyl (C=O) groups excluding carboxylic acids is 2. The van der Waals surface area contributed by atoms with Crippen molar-refractivity contribution >= 4 is 34.2 Å². The minimum absolute atomic E-state index is 0.166. The second-order valence-electron chi connectivity index (χ2n) is 10.3. The molecule has 5 rings (SSSR count). The number of ether oxygens (including phenoxy) is 2. The van der Waals surface area contributed by atoms with E-state index in [0.29, 0.717) is 30.9 Å². The van der Waals surface area contributed by atoms with Gasteiger partial charge in [0.1, 0.15) is 6.61 Å². The number of halogens is 1. The summed E-state index contributed by atoms with van der Waals surface area (Å²) >= 11 is 2.29. The minimum Gasteiger partial charge on any atom is -0.493 e. The molecule has 0 atom stereocenters. The van der Waals surface area contributed by atoms with Gasteiger partial charge in [-0.25, -0.2) is 0 Å². The van der Waals surface area contributed by atoms with Crippen molar-refractivity contribution in [3.05, 3.63) is 78.7 Å². The summed E-state index contributed by atoms with van der Waals surface area (Å²) in [4.78, 5) is 29.1. The van der Waals surface area contributed by atoms with Gasteiger partial charge in [0.25, 0.3) is 0 Å². The molecular formula is C31H34INO4. The van der Waals surface area contributed by atoms with Crippen LogP contribution in [0, 0.1) is 17.4 Å². The lowest BCUT2D eigenvalue weighted by atomic mass is 9.71. The number of allylic oxidation sites excluding steroid dienone is 4. The first-order chi connectivity index (χ1) is 17.8. The number of Topliss-reactive ketones (excluding diaryl/α,β-unsaturated/α-hetero) is 2. The van der Waals surface area contributed by atoms with E-state index in [1.165, 1.54) is 11.1 Å². The Balaban J connectivity index is 1.59. The third-order valence-electron chi connectivity index (χ3n) is 7.65. The van der Waals surface area contributed by atoms with E-state index in [9.17, 15) is 9.59 Å². The molecule has 0 aromatic heterocycles. The zero-order chi connectivity index (χ0) is 26.3. The lowest BCUT2D eigenvalue weighted by molar-refractivity contribution is -0.117. The quantitative estimate of drug-likeness (QED) is 0.332. The summed E-state index contributed by atoms with van der Waals surface area (Å²) in [5.41, 5.74) is 8.29. The fourth-order valence-corrected chi connectivity index (χ4v) is 7.07. The van der Waals surface area contributed by atoms with Crippen LogP contribution in [0.5, 0.6) is 11.5 Å². The zero-order valence-corrected chi connectivity index (χ0v) is 24.2. The lowest BCUT2D eigenvalue weighted by Crippen LogP contribution is -2.39. The van der Waals surface area contributed by atoms with Crippen LogP contribution in [0.3, 0.4) is 0 Å². The van der Waals surface area contributed by atoms with Crippen molar-refractivity contribution in [2.75, 3.05) is 13.7 Å². The van der Waals surface area contributed by atoms with E-state index >= 15 is 0 Å². The van der Waals surface area contributed by atoms with Crippen LogP contribution in [0.1, 0.15) is 73.6 Å². The zero-order valence-electron chi connectivity index (χ0n) is 22.1. The third kappa shape index (κ3) is 4.85. The summed E-state index contributed by atoms with van der Waals surface area (Å²) in [6.45, 7) is 7.50. The standard InChI is InChI=1S/C31H34INO4/c1-5-33-23-8-6-10-25(34)29(23)28(30-24(33)9-7-11-26(30)35)21-15-22(32)31(27(16-21)36-4)37-17-20-13-18(2)12-19(3)14-20/h12-16,28H,5-11,17H2,1-4H3. The molecule has 0 radical (unpaired) electrons. The Labute approximate surface area is 233 Å². The first-order valence-electron chi connectivity index (χ1n) is 13.2. The molecule has 0 spiro atoms. The number of rotatable bonds is 6. The Morgan fingerprint density at radius 1 is 0.892 bits per heavy atom. The first kappa shape index (κ1) is 26.0. The molecule has 1 heterocycles. The highest BCUT2D eigenvalue weighted by Gasteiger charge is 2.43. The highest BCUT2D eigenvalue weighted by Crippen LogP contribution is 2.50. The summed E-state index contributed by atoms with van der Waals surface area (Å²) in [5.74, 6) is 1.30. The van der Waals surface area contributed by atoms with Gasteiger partial charge in [-0.05, 0) is 92.3 Å². The minimum atomic E-state index is -0.343. The van der Waals surface area contributed by atoms with Crippen molar-refractivity contribution in [3.8, 4) is 11.5 Å². The molecule has 0 amide bonds. The highest BCUT2D eigenvalue weighted by molar-refractivity contribution is 14.1. The van der Waals surface area contributed by atoms with Gasteiger partial charge >= 0.3 is 0 Å². The highest BCUT2D eigenvalue weighted by atomic mass is 127. The number of ketones is 2. The summed E-state index contributed by atoms with van der Waals surface area (Å²) in [7, 11) is 1.64. The van der Waals surface area contributed by atoms with Crippen molar-refractivity contribution < 1.29 is 19.1 Å². The van der Waals surface area contributed by atoms with Crippen LogP contribution in [0.2, 0.25) is 0 Å². The lowest BCUT2D eigenvalue weighted by Gasteiger charge is -2.43. The molecule has 0 saturated heterocycles. The molecule has 0 unspecified atom stereocenters. The number of methoxy groups -OCH3 is 1. The van der Waals surface area contributed by atoms with Crippen LogP contribution in [0.25, 0.3) is 0 Å². The molecule has 194 valence electrons. The number of aryl methyl sites for hydroxylation is 2. The van der Waals surface area contributed by atoms with Gasteiger partial charge in [0.15, 0.2) is 23.1 Å². The summed E-state index contributed by atoms with van der Waals surface area (Å²) in [5, 5.41) is 0. The largest absolute Gasteiger partial charge is 0.493 e. The molecule has 3 aliphatic rings. The Morgan fingerprint density at radius 3 is 2.03 bits per heavy atom. The maximum atomic E-state index is 13.4. The van der Waals surface area contributed by atoms with Gasteiger partial charge in [0.2, 0.25) is 0 Å². The normalized spacial score (nSPS) is 18.2. The molecule has 5 nitrogen and oxygen atoms in total. The number of hydrogen-bond acceptors (Lipinski definition) is 5. The number of carbonyl (C=O) groups is 2. The van der Waals surface area contributed by atoms with Gasteiger partial charge in [-0.1, -0.05) is 29.3 Å². The number of nitrogens with zero attached hydrogens (tertiary/aromatic N) is 1. The molecule has 0 saturated carbocycles. The van der Waals surface area contributed by atoms with Crippen molar-refractivity contribution in [3.63, 3.8) is 0 Å². The molecular weight excluding hydrogens is 577 g/mol. The van der Waals surface area contributed by atoms with Crippen molar-refractivity contribution in [1.82, 2.24) is 4.90 Å². The predicted octanol–water partition coefficient (Wildman–Crippen LogP) is 6.93. The summed E-state index contributed by atoms with van der Waals surface area (Å²) in [6.07, 6.45) is 4.56. The molecule has 0 fully saturated rings. The Bertz CT molecular complexity index is 1270. The molecule has 6 heteroatoms. The first-order valence-corrected chi connectivity index (χ1v) is 14.3. The van der Waals surface area contributed by atoms with Crippen LogP contribution >= 0.6 is 22.6 Å². The topological polar surface area (TPSA) is 55.8 Å². The molecule has 2 aromatic carbocycles. The van der Waals surface area contributed by atoms with Gasteiger partial charge in [-0.3, -0.25) is 9.59 Å². The number of hydrogen-bond donors (Lipinski definition) is 0. The van der Waals surface area contributed by atoms with Gasteiger partial charge in [-0.15, -0.1) is 0 Å². The molecule has 0 N–H and O–H groups in total. The van der Waals surface area contributed by atoms with Gasteiger partial charge < -0.3 is 14.4 Å². The number of benzene rings is 2. The SMILES string of the molecule is CCN1C2=C(C(=O)CCC2)C(c2cc(I)c(OCc3cc(C)cc(C)c3)c(OC)c2)C2=C1CCCC2=O. The van der Waals surface area contributed by atoms with E-state index in [1.54, 1.807) is 7.11 Å². The Hall–Kier alpha value is -2.61. The predicted molar refractivity (Wildman–Crippen MR) is 153 cm³/mol. The van der Waals surface area contributed by atoms with Crippen LogP contribution in [0.4, 0.5) is 0 Å². The second-order valence-corrected chi connectivity index (χ2v) is 11.4. The average molecular weight is 612 g/mol. The molecule has 2 aromatic rings. The summed E-state index contributed by atoms with van der Waals surface area (Å²) in [6, 6.07) is 10.5. The van der Waals surface area contributed by atoms with Crippen LogP contribution in [-0.2, 0) is 16.2 Å². The fraction of sp³-hybridized carbons (Fsp3) is 0.419. The fourth-order valence-electron chi connectivity index (χ4n) is 6.29. The maximum Gasteiger partial charge on any atom is 0.174 e. The van der Waals surface area contributed by atoms with Crippen LogP contribution < -0.4 is 9.47 Å². The van der Waals surface area contributed by atoms with Gasteiger partial charge in [-0.2, -0.15) is 0 Å². The van der Waals surface area contributed by atoms with E-state index in [4.69, 9.17) is 9.47 Å².